The van der Waals surface area contributed by atoms with Crippen LogP contribution in [0.4, 0.5) is 0 Å². The van der Waals surface area contributed by atoms with Crippen LogP contribution in [0.15, 0.2) is 60.7 Å². The maximum absolute atomic E-state index is 12.0. The Labute approximate surface area is 161 Å². The first-order valence-corrected chi connectivity index (χ1v) is 8.70. The molecule has 4 heteroatoms. The number of likely N-dealkylation sites (N-methyl/N-ethyl adjacent to an activating group) is 1. The molecule has 0 aromatic heterocycles. The van der Waals surface area contributed by atoms with Crippen LogP contribution in [0.2, 0.25) is 0 Å². The fourth-order valence-corrected chi connectivity index (χ4v) is 2.54. The van der Waals surface area contributed by atoms with Crippen molar-refractivity contribution < 1.29 is 9.53 Å². The highest BCUT2D eigenvalue weighted by molar-refractivity contribution is 6.01. The number of rotatable bonds is 7. The number of carbonyl (C=O) groups is 1. The number of ether oxygens (including phenoxy) is 1. The first-order valence-electron chi connectivity index (χ1n) is 8.70. The molecule has 27 heavy (non-hydrogen) atoms. The number of hydrogen-bond acceptors (Lipinski definition) is 3. The number of hydrogen-bond donors (Lipinski definition) is 0. The van der Waals surface area contributed by atoms with Gasteiger partial charge in [-0.05, 0) is 48.2 Å². The molecule has 0 radical (unpaired) electrons. The van der Waals surface area contributed by atoms with Crippen LogP contribution < -0.4 is 4.74 Å². The molecule has 0 aliphatic carbocycles. The van der Waals surface area contributed by atoms with E-state index in [9.17, 15) is 10.1 Å². The van der Waals surface area contributed by atoms with Gasteiger partial charge in [0.2, 0.25) is 0 Å². The second-order valence-corrected chi connectivity index (χ2v) is 6.50. The van der Waals surface area contributed by atoms with E-state index in [1.807, 2.05) is 36.4 Å². The van der Waals surface area contributed by atoms with Crippen LogP contribution in [0.25, 0.3) is 6.08 Å². The van der Waals surface area contributed by atoms with Gasteiger partial charge in [0.1, 0.15) is 24.0 Å². The lowest BCUT2D eigenvalue weighted by molar-refractivity contribution is -0.124. The van der Waals surface area contributed by atoms with Crippen molar-refractivity contribution in [3.63, 3.8) is 0 Å². The van der Waals surface area contributed by atoms with Gasteiger partial charge in [0.15, 0.2) is 0 Å². The van der Waals surface area contributed by atoms with Crippen LogP contribution in [0, 0.1) is 18.3 Å². The first-order chi connectivity index (χ1) is 12.9. The van der Waals surface area contributed by atoms with Gasteiger partial charge in [0.25, 0.3) is 5.91 Å². The second-order valence-electron chi connectivity index (χ2n) is 6.50. The van der Waals surface area contributed by atoms with Crippen molar-refractivity contribution in [3.8, 4) is 11.8 Å². The van der Waals surface area contributed by atoms with Crippen molar-refractivity contribution in [1.29, 1.82) is 5.26 Å². The van der Waals surface area contributed by atoms with Crippen LogP contribution in [0.1, 0.15) is 22.3 Å². The Balaban J connectivity index is 2.25. The monoisotopic (exact) mass is 360 g/mol. The Bertz CT molecular complexity index is 888. The van der Waals surface area contributed by atoms with E-state index in [-0.39, 0.29) is 11.5 Å². The van der Waals surface area contributed by atoms with E-state index >= 15 is 0 Å². The van der Waals surface area contributed by atoms with Gasteiger partial charge >= 0.3 is 0 Å². The average Bonchev–Trinajstić information content (AvgIpc) is 2.66. The van der Waals surface area contributed by atoms with Gasteiger partial charge in [-0.1, -0.05) is 42.0 Å². The van der Waals surface area contributed by atoms with Crippen molar-refractivity contribution >= 4 is 12.0 Å². The molecular formula is C23H24N2O2. The number of nitrogens with zero attached hydrogens (tertiary/aromatic N) is 2. The molecule has 0 N–H and O–H groups in total. The SMILES string of the molecule is C=CCc1cc(/C=C(/C#N)C(=O)N(C)C)ccc1OCc1ccc(C)cc1. The summed E-state index contributed by atoms with van der Waals surface area (Å²) in [6.07, 6.45) is 4.03. The van der Waals surface area contributed by atoms with Gasteiger partial charge in [-0.25, -0.2) is 0 Å². The lowest BCUT2D eigenvalue weighted by Gasteiger charge is -2.12. The molecule has 0 bridgehead atoms. The Morgan fingerprint density at radius 2 is 1.93 bits per heavy atom. The topological polar surface area (TPSA) is 53.3 Å². The third-order valence-electron chi connectivity index (χ3n) is 4.03. The fourth-order valence-electron chi connectivity index (χ4n) is 2.54. The zero-order valence-electron chi connectivity index (χ0n) is 16.0. The van der Waals surface area contributed by atoms with Crippen molar-refractivity contribution in [2.45, 2.75) is 20.0 Å². The third-order valence-corrected chi connectivity index (χ3v) is 4.03. The third kappa shape index (κ3) is 5.58. The summed E-state index contributed by atoms with van der Waals surface area (Å²) in [5.41, 5.74) is 4.14. The Hall–Kier alpha value is -3.32. The largest absolute Gasteiger partial charge is 0.489 e. The number of carbonyl (C=O) groups excluding carboxylic acids is 1. The standard InChI is InChI=1S/C23H24N2O2/c1-5-6-20-13-19(14-21(15-24)23(26)25(3)4)11-12-22(20)27-16-18-9-7-17(2)8-10-18/h5,7-14H,1,6,16H2,2-4H3/b21-14-. The highest BCUT2D eigenvalue weighted by Crippen LogP contribution is 2.24. The van der Waals surface area contributed by atoms with E-state index in [2.05, 4.69) is 25.6 Å². The van der Waals surface area contributed by atoms with Crippen molar-refractivity contribution in [2.75, 3.05) is 14.1 Å². The van der Waals surface area contributed by atoms with Crippen molar-refractivity contribution in [1.82, 2.24) is 4.90 Å². The zero-order valence-corrected chi connectivity index (χ0v) is 16.0. The van der Waals surface area contributed by atoms with Crippen LogP contribution >= 0.6 is 0 Å². The second kappa shape index (κ2) is 9.40. The van der Waals surface area contributed by atoms with E-state index in [1.54, 1.807) is 26.2 Å². The molecular weight excluding hydrogens is 336 g/mol. The van der Waals surface area contributed by atoms with Gasteiger partial charge in [0.05, 0.1) is 0 Å². The molecule has 0 fully saturated rings. The molecule has 0 spiro atoms. The predicted molar refractivity (Wildman–Crippen MR) is 108 cm³/mol. The number of aryl methyl sites for hydroxylation is 1. The van der Waals surface area contributed by atoms with Crippen LogP contribution in [0.5, 0.6) is 5.75 Å². The van der Waals surface area contributed by atoms with Gasteiger partial charge in [-0.2, -0.15) is 5.26 Å². The molecule has 0 saturated carbocycles. The van der Waals surface area contributed by atoms with Gasteiger partial charge in [-0.3, -0.25) is 4.79 Å². The van der Waals surface area contributed by atoms with E-state index in [4.69, 9.17) is 4.74 Å². The highest BCUT2D eigenvalue weighted by atomic mass is 16.5. The number of allylic oxidation sites excluding steroid dienone is 1. The quantitative estimate of drug-likeness (QED) is 0.420. The fraction of sp³-hybridized carbons (Fsp3) is 0.217. The molecule has 0 atom stereocenters. The summed E-state index contributed by atoms with van der Waals surface area (Å²) in [4.78, 5) is 13.4. The number of benzene rings is 2. The Morgan fingerprint density at radius 1 is 1.22 bits per heavy atom. The zero-order chi connectivity index (χ0) is 19.8. The summed E-state index contributed by atoms with van der Waals surface area (Å²) in [5.74, 6) is 0.451. The number of nitriles is 1. The minimum absolute atomic E-state index is 0.0953. The molecule has 138 valence electrons. The predicted octanol–water partition coefficient (Wildman–Crippen LogP) is 4.30. The van der Waals surface area contributed by atoms with Crippen LogP contribution in [-0.2, 0) is 17.8 Å². The van der Waals surface area contributed by atoms with Gasteiger partial charge in [0, 0.05) is 14.1 Å². The summed E-state index contributed by atoms with van der Waals surface area (Å²) in [6.45, 7) is 6.32. The van der Waals surface area contributed by atoms with E-state index in [1.165, 1.54) is 10.5 Å². The molecule has 0 saturated heterocycles. The molecule has 2 aromatic carbocycles. The van der Waals surface area contributed by atoms with E-state index in [0.717, 1.165) is 22.4 Å². The summed E-state index contributed by atoms with van der Waals surface area (Å²) in [5, 5.41) is 9.26. The molecule has 2 aromatic rings. The lowest BCUT2D eigenvalue weighted by Crippen LogP contribution is -2.22. The molecule has 0 unspecified atom stereocenters. The average molecular weight is 360 g/mol. The molecule has 4 nitrogen and oxygen atoms in total. The lowest BCUT2D eigenvalue weighted by atomic mass is 10.0. The van der Waals surface area contributed by atoms with Gasteiger partial charge < -0.3 is 9.64 Å². The molecule has 2 rings (SSSR count). The Morgan fingerprint density at radius 3 is 2.52 bits per heavy atom. The Kier molecular flexibility index (Phi) is 6.96. The highest BCUT2D eigenvalue weighted by Gasteiger charge is 2.12. The van der Waals surface area contributed by atoms with Crippen molar-refractivity contribution in [3.05, 3.63) is 82.9 Å². The summed E-state index contributed by atoms with van der Waals surface area (Å²) in [6, 6.07) is 15.8. The van der Waals surface area contributed by atoms with E-state index < -0.39 is 0 Å². The summed E-state index contributed by atoms with van der Waals surface area (Å²) < 4.78 is 5.98. The number of amides is 1. The minimum Gasteiger partial charge on any atom is -0.489 e. The molecule has 1 amide bonds. The molecule has 0 aliphatic heterocycles. The van der Waals surface area contributed by atoms with Crippen LogP contribution in [-0.4, -0.2) is 24.9 Å². The van der Waals surface area contributed by atoms with Crippen LogP contribution in [0.3, 0.4) is 0 Å². The summed E-state index contributed by atoms with van der Waals surface area (Å²) >= 11 is 0. The summed E-state index contributed by atoms with van der Waals surface area (Å²) in [7, 11) is 3.25. The maximum Gasteiger partial charge on any atom is 0.264 e. The smallest absolute Gasteiger partial charge is 0.264 e. The van der Waals surface area contributed by atoms with E-state index in [0.29, 0.717) is 13.0 Å². The molecule has 0 heterocycles. The maximum atomic E-state index is 12.0. The van der Waals surface area contributed by atoms with Crippen molar-refractivity contribution in [2.24, 2.45) is 0 Å². The first kappa shape index (κ1) is 20.0. The van der Waals surface area contributed by atoms with Gasteiger partial charge in [-0.15, -0.1) is 6.58 Å². The normalized spacial score (nSPS) is 10.8. The molecule has 0 aliphatic rings. The minimum atomic E-state index is -0.317.